The summed E-state index contributed by atoms with van der Waals surface area (Å²) < 4.78 is 46.4. The molecular formula is C24H21F3N4O2. The molecule has 0 saturated carbocycles. The van der Waals surface area contributed by atoms with Crippen LogP contribution in [0.4, 0.5) is 29.3 Å². The monoisotopic (exact) mass is 454 g/mol. The van der Waals surface area contributed by atoms with Crippen LogP contribution in [0.25, 0.3) is 10.9 Å². The number of benzene rings is 2. The van der Waals surface area contributed by atoms with Crippen molar-refractivity contribution in [3.8, 4) is 5.75 Å². The lowest BCUT2D eigenvalue weighted by atomic mass is 10.1. The molecule has 2 heterocycles. The first-order valence-corrected chi connectivity index (χ1v) is 10.1. The Bertz CT molecular complexity index is 1310. The van der Waals surface area contributed by atoms with E-state index in [0.717, 1.165) is 34.2 Å². The van der Waals surface area contributed by atoms with Gasteiger partial charge in [0.15, 0.2) is 0 Å². The number of alkyl halides is 3. The van der Waals surface area contributed by atoms with Gasteiger partial charge in [-0.2, -0.15) is 13.2 Å². The Morgan fingerprint density at radius 1 is 1.09 bits per heavy atom. The van der Waals surface area contributed by atoms with Crippen LogP contribution in [-0.4, -0.2) is 22.7 Å². The number of pyridine rings is 1. The molecule has 0 unspecified atom stereocenters. The predicted octanol–water partition coefficient (Wildman–Crippen LogP) is 6.06. The minimum absolute atomic E-state index is 0.0808. The number of carbonyl (C=O) groups is 1. The Kier molecular flexibility index (Phi) is 5.95. The summed E-state index contributed by atoms with van der Waals surface area (Å²) in [5.74, 6) is 0.121. The fourth-order valence-corrected chi connectivity index (χ4v) is 3.59. The quantitative estimate of drug-likeness (QED) is 0.385. The van der Waals surface area contributed by atoms with Gasteiger partial charge in [0.25, 0.3) is 0 Å². The number of fused-ring (bicyclic) bond motifs is 1. The molecule has 2 N–H and O–H groups in total. The predicted molar refractivity (Wildman–Crippen MR) is 121 cm³/mol. The Morgan fingerprint density at radius 2 is 1.88 bits per heavy atom. The van der Waals surface area contributed by atoms with Gasteiger partial charge in [-0.25, -0.2) is 4.79 Å². The summed E-state index contributed by atoms with van der Waals surface area (Å²) in [6.07, 6.45) is 0.929. The van der Waals surface area contributed by atoms with Crippen molar-refractivity contribution in [3.05, 3.63) is 83.8 Å². The number of rotatable bonds is 5. The molecule has 0 bridgehead atoms. The number of methoxy groups -OCH3 is 1. The van der Waals surface area contributed by atoms with Crippen molar-refractivity contribution >= 4 is 28.3 Å². The van der Waals surface area contributed by atoms with Crippen molar-refractivity contribution in [2.45, 2.75) is 19.6 Å². The maximum Gasteiger partial charge on any atom is 0.416 e. The highest BCUT2D eigenvalue weighted by atomic mass is 19.4. The van der Waals surface area contributed by atoms with Gasteiger partial charge in [-0.3, -0.25) is 4.98 Å². The maximum atomic E-state index is 13.1. The number of hydrogen-bond acceptors (Lipinski definition) is 3. The highest BCUT2D eigenvalue weighted by Gasteiger charge is 2.31. The molecule has 6 nitrogen and oxygen atoms in total. The average molecular weight is 454 g/mol. The maximum absolute atomic E-state index is 13.1. The number of aryl methyl sites for hydroxylation is 1. The van der Waals surface area contributed by atoms with Crippen molar-refractivity contribution < 1.29 is 22.7 Å². The first kappa shape index (κ1) is 22.2. The molecule has 0 atom stereocenters. The second-order valence-corrected chi connectivity index (χ2v) is 7.48. The number of aromatic nitrogens is 2. The normalized spacial score (nSPS) is 11.4. The van der Waals surface area contributed by atoms with Crippen molar-refractivity contribution in [2.24, 2.45) is 0 Å². The molecule has 2 aromatic carbocycles. The summed E-state index contributed by atoms with van der Waals surface area (Å²) in [5.41, 5.74) is 2.66. The van der Waals surface area contributed by atoms with Gasteiger partial charge in [0, 0.05) is 30.5 Å². The van der Waals surface area contributed by atoms with Crippen molar-refractivity contribution in [3.63, 3.8) is 0 Å². The van der Waals surface area contributed by atoms with Crippen molar-refractivity contribution in [2.75, 3.05) is 17.7 Å². The van der Waals surface area contributed by atoms with Crippen LogP contribution in [0.3, 0.4) is 0 Å². The van der Waals surface area contributed by atoms with E-state index in [9.17, 15) is 18.0 Å². The summed E-state index contributed by atoms with van der Waals surface area (Å²) in [5, 5.41) is 5.98. The number of nitrogens with one attached hydrogen (secondary N) is 2. The molecule has 170 valence electrons. The van der Waals surface area contributed by atoms with Gasteiger partial charge in [0.1, 0.15) is 5.75 Å². The number of hydrogen-bond donors (Lipinski definition) is 2. The molecule has 4 rings (SSSR count). The SMILES string of the molecule is COc1ccc(C(F)(F)F)cc1NC(=O)Nc1cccc2c1ccn2Cc1ccncc1C. The first-order valence-electron chi connectivity index (χ1n) is 10.1. The molecule has 0 radical (unpaired) electrons. The lowest BCUT2D eigenvalue weighted by Gasteiger charge is -2.14. The molecule has 4 aromatic rings. The Morgan fingerprint density at radius 3 is 2.61 bits per heavy atom. The van der Waals surface area contributed by atoms with E-state index in [2.05, 4.69) is 20.2 Å². The lowest BCUT2D eigenvalue weighted by Crippen LogP contribution is -2.20. The molecule has 0 spiro atoms. The summed E-state index contributed by atoms with van der Waals surface area (Å²) in [6, 6.07) is 11.5. The van der Waals surface area contributed by atoms with Gasteiger partial charge in [-0.15, -0.1) is 0 Å². The van der Waals surface area contributed by atoms with Crippen LogP contribution in [-0.2, 0) is 12.7 Å². The van der Waals surface area contributed by atoms with Gasteiger partial charge >= 0.3 is 12.2 Å². The van der Waals surface area contributed by atoms with Crippen LogP contribution in [0.15, 0.2) is 67.1 Å². The zero-order chi connectivity index (χ0) is 23.6. The second kappa shape index (κ2) is 8.85. The third kappa shape index (κ3) is 4.77. The number of halogens is 3. The first-order chi connectivity index (χ1) is 15.8. The van der Waals surface area contributed by atoms with Crippen molar-refractivity contribution in [1.82, 2.24) is 9.55 Å². The molecular weight excluding hydrogens is 433 g/mol. The molecule has 0 fully saturated rings. The smallest absolute Gasteiger partial charge is 0.416 e. The third-order valence-corrected chi connectivity index (χ3v) is 5.31. The lowest BCUT2D eigenvalue weighted by molar-refractivity contribution is -0.137. The van der Waals surface area contributed by atoms with Gasteiger partial charge in [-0.1, -0.05) is 6.07 Å². The highest BCUT2D eigenvalue weighted by molar-refractivity contribution is 6.06. The molecule has 2 amide bonds. The number of amides is 2. The summed E-state index contributed by atoms with van der Waals surface area (Å²) >= 11 is 0. The number of ether oxygens (including phenoxy) is 1. The number of urea groups is 1. The standard InChI is InChI=1S/C24H21F3N4O2/c1-15-13-28-10-8-16(15)14-31-11-9-18-19(4-3-5-21(18)31)29-23(32)30-20-12-17(24(25,26)27)6-7-22(20)33-2/h3-13H,14H2,1-2H3,(H2,29,30,32). The summed E-state index contributed by atoms with van der Waals surface area (Å²) in [6.45, 7) is 2.63. The average Bonchev–Trinajstić information content (AvgIpc) is 3.18. The van der Waals surface area contributed by atoms with Gasteiger partial charge < -0.3 is 19.9 Å². The highest BCUT2D eigenvalue weighted by Crippen LogP contribution is 2.35. The van der Waals surface area contributed by atoms with Crippen LogP contribution in [0.5, 0.6) is 5.75 Å². The molecule has 0 aliphatic heterocycles. The van der Waals surface area contributed by atoms with Crippen LogP contribution in [0.1, 0.15) is 16.7 Å². The third-order valence-electron chi connectivity index (χ3n) is 5.31. The Hall–Kier alpha value is -4.01. The number of anilines is 2. The van der Waals surface area contributed by atoms with Crippen LogP contribution >= 0.6 is 0 Å². The Balaban J connectivity index is 1.57. The fraction of sp³-hybridized carbons (Fsp3) is 0.167. The Labute approximate surface area is 188 Å². The van der Waals surface area contributed by atoms with E-state index in [1.807, 2.05) is 31.3 Å². The van der Waals surface area contributed by atoms with Gasteiger partial charge in [0.05, 0.1) is 29.6 Å². The molecule has 0 aliphatic carbocycles. The second-order valence-electron chi connectivity index (χ2n) is 7.48. The van der Waals surface area contributed by atoms with Gasteiger partial charge in [0.2, 0.25) is 0 Å². The van der Waals surface area contributed by atoms with Crippen LogP contribution in [0.2, 0.25) is 0 Å². The van der Waals surface area contributed by atoms with E-state index in [1.165, 1.54) is 13.2 Å². The van der Waals surface area contributed by atoms with Crippen LogP contribution in [0, 0.1) is 6.92 Å². The molecule has 9 heteroatoms. The molecule has 0 saturated heterocycles. The van der Waals surface area contributed by atoms with E-state index >= 15 is 0 Å². The van der Waals surface area contributed by atoms with Gasteiger partial charge in [-0.05, 0) is 60.5 Å². The largest absolute Gasteiger partial charge is 0.495 e. The zero-order valence-corrected chi connectivity index (χ0v) is 17.9. The van der Waals surface area contributed by atoms with Crippen LogP contribution < -0.4 is 15.4 Å². The summed E-state index contributed by atoms with van der Waals surface area (Å²) in [7, 11) is 1.32. The zero-order valence-electron chi connectivity index (χ0n) is 17.9. The van der Waals surface area contributed by atoms with E-state index in [-0.39, 0.29) is 11.4 Å². The number of carbonyl (C=O) groups excluding carboxylic acids is 1. The van der Waals surface area contributed by atoms with E-state index in [4.69, 9.17) is 4.74 Å². The van der Waals surface area contributed by atoms with E-state index in [1.54, 1.807) is 24.5 Å². The minimum Gasteiger partial charge on any atom is -0.495 e. The van der Waals surface area contributed by atoms with Crippen molar-refractivity contribution in [1.29, 1.82) is 0 Å². The number of nitrogens with zero attached hydrogens (tertiary/aromatic N) is 2. The van der Waals surface area contributed by atoms with E-state index in [0.29, 0.717) is 12.2 Å². The fourth-order valence-electron chi connectivity index (χ4n) is 3.59. The molecule has 33 heavy (non-hydrogen) atoms. The van der Waals surface area contributed by atoms with E-state index < -0.39 is 17.8 Å². The molecule has 0 aliphatic rings. The topological polar surface area (TPSA) is 68.2 Å². The minimum atomic E-state index is -4.54. The molecule has 2 aromatic heterocycles. The summed E-state index contributed by atoms with van der Waals surface area (Å²) in [4.78, 5) is 16.7.